The maximum atomic E-state index is 14.1. The summed E-state index contributed by atoms with van der Waals surface area (Å²) >= 11 is 3.99. The molecule has 0 saturated carbocycles. The van der Waals surface area contributed by atoms with Crippen LogP contribution in [0, 0.1) is 11.8 Å². The van der Waals surface area contributed by atoms with Crippen LogP contribution in [0.2, 0.25) is 0 Å². The number of rotatable bonds is 4. The highest BCUT2D eigenvalue weighted by atomic mass is 79.9. The van der Waals surface area contributed by atoms with E-state index in [1.54, 1.807) is 36.4 Å². The van der Waals surface area contributed by atoms with E-state index in [9.17, 15) is 24.3 Å². The van der Waals surface area contributed by atoms with E-state index in [0.717, 1.165) is 22.3 Å². The van der Waals surface area contributed by atoms with Gasteiger partial charge >= 0.3 is 5.97 Å². The van der Waals surface area contributed by atoms with Crippen molar-refractivity contribution in [3.8, 4) is 0 Å². The second-order valence-corrected chi connectivity index (χ2v) is 11.5. The first-order chi connectivity index (χ1) is 19.3. The lowest BCUT2D eigenvalue weighted by Crippen LogP contribution is -2.50. The number of benzene rings is 4. The minimum absolute atomic E-state index is 0.0588. The number of aromatic carboxylic acids is 1. The van der Waals surface area contributed by atoms with Crippen molar-refractivity contribution in [1.29, 1.82) is 0 Å². The van der Waals surface area contributed by atoms with Gasteiger partial charge in [0.25, 0.3) is 5.91 Å². The molecule has 8 rings (SSSR count). The van der Waals surface area contributed by atoms with Gasteiger partial charge in [-0.25, -0.2) is 9.69 Å². The molecule has 2 atom stereocenters. The van der Waals surface area contributed by atoms with E-state index < -0.39 is 28.0 Å². The molecule has 4 aromatic carbocycles. The van der Waals surface area contributed by atoms with Crippen LogP contribution in [-0.2, 0) is 13.9 Å². The summed E-state index contributed by atoms with van der Waals surface area (Å²) in [7, 11) is 0. The maximum Gasteiger partial charge on any atom is 0.335 e. The molecule has 1 saturated heterocycles. The fourth-order valence-corrected chi connectivity index (χ4v) is 7.83. The topological polar surface area (TPSA) is 104 Å². The molecule has 3 aliphatic carbocycles. The van der Waals surface area contributed by atoms with Gasteiger partial charge in [-0.1, -0.05) is 70.5 Å². The molecular formula is C32H21BrN2O5. The number of carbonyl (C=O) groups excluding carboxylic acids is 3. The number of hydrogen-bond donors (Lipinski definition) is 2. The number of imide groups is 1. The molecule has 8 heteroatoms. The van der Waals surface area contributed by atoms with Gasteiger partial charge in [0.2, 0.25) is 11.8 Å². The lowest BCUT2D eigenvalue weighted by atomic mass is 9.55. The van der Waals surface area contributed by atoms with Crippen molar-refractivity contribution in [3.63, 3.8) is 0 Å². The number of carboxylic acids is 1. The van der Waals surface area contributed by atoms with Gasteiger partial charge in [0.1, 0.15) is 0 Å². The Kier molecular flexibility index (Phi) is 5.34. The number of nitrogens with zero attached hydrogens (tertiary/aromatic N) is 1. The summed E-state index contributed by atoms with van der Waals surface area (Å²) in [4.78, 5) is 53.4. The van der Waals surface area contributed by atoms with Gasteiger partial charge in [0, 0.05) is 17.2 Å². The van der Waals surface area contributed by atoms with E-state index in [2.05, 4.69) is 21.2 Å². The monoisotopic (exact) mass is 592 g/mol. The third-order valence-corrected chi connectivity index (χ3v) is 9.62. The van der Waals surface area contributed by atoms with Crippen LogP contribution in [0.15, 0.2) is 97.1 Å². The van der Waals surface area contributed by atoms with Crippen molar-refractivity contribution in [1.82, 2.24) is 0 Å². The number of halogens is 1. The van der Waals surface area contributed by atoms with E-state index in [-0.39, 0.29) is 23.3 Å². The molecule has 1 fully saturated rings. The Balaban J connectivity index is 1.22. The predicted molar refractivity (Wildman–Crippen MR) is 152 cm³/mol. The van der Waals surface area contributed by atoms with E-state index in [1.165, 1.54) is 17.0 Å². The summed E-state index contributed by atoms with van der Waals surface area (Å²) < 4.78 is -0.828. The van der Waals surface area contributed by atoms with Gasteiger partial charge < -0.3 is 10.4 Å². The molecule has 4 aliphatic rings. The van der Waals surface area contributed by atoms with E-state index in [0.29, 0.717) is 16.9 Å². The van der Waals surface area contributed by atoms with Crippen molar-refractivity contribution in [2.45, 2.75) is 10.2 Å². The maximum absolute atomic E-state index is 14.1. The molecule has 2 N–H and O–H groups in total. The van der Waals surface area contributed by atoms with Crippen LogP contribution in [0.3, 0.4) is 0 Å². The summed E-state index contributed by atoms with van der Waals surface area (Å²) in [5, 5.41) is 11.9. The summed E-state index contributed by atoms with van der Waals surface area (Å²) in [6, 6.07) is 28.3. The number of carboxylic acid groups (broad SMARTS) is 1. The predicted octanol–water partition coefficient (Wildman–Crippen LogP) is 5.54. The second-order valence-electron chi connectivity index (χ2n) is 10.3. The molecule has 196 valence electrons. The molecule has 0 aromatic heterocycles. The molecule has 0 unspecified atom stereocenters. The fraction of sp³-hybridized carbons (Fsp3) is 0.125. The number of hydrogen-bond acceptors (Lipinski definition) is 4. The van der Waals surface area contributed by atoms with Crippen LogP contribution < -0.4 is 10.2 Å². The van der Waals surface area contributed by atoms with E-state index in [4.69, 9.17) is 0 Å². The van der Waals surface area contributed by atoms with Crippen LogP contribution in [0.1, 0.15) is 48.9 Å². The summed E-state index contributed by atoms with van der Waals surface area (Å²) in [6.07, 6.45) is 0. The first-order valence-electron chi connectivity index (χ1n) is 12.8. The number of anilines is 2. The van der Waals surface area contributed by atoms with E-state index >= 15 is 0 Å². The van der Waals surface area contributed by atoms with Crippen LogP contribution in [0.4, 0.5) is 11.4 Å². The van der Waals surface area contributed by atoms with Crippen LogP contribution in [0.5, 0.6) is 0 Å². The molecular weight excluding hydrogens is 572 g/mol. The normalized spacial score (nSPS) is 23.8. The van der Waals surface area contributed by atoms with Gasteiger partial charge in [-0.05, 0) is 64.7 Å². The average Bonchev–Trinajstić information content (AvgIpc) is 3.24. The van der Waals surface area contributed by atoms with Crippen molar-refractivity contribution < 1.29 is 24.3 Å². The van der Waals surface area contributed by atoms with Crippen molar-refractivity contribution >= 4 is 51.0 Å². The number of carbonyl (C=O) groups is 4. The lowest BCUT2D eigenvalue weighted by Gasteiger charge is -2.51. The van der Waals surface area contributed by atoms with Crippen molar-refractivity contribution in [3.05, 3.63) is 130 Å². The Bertz CT molecular complexity index is 1720. The zero-order chi connectivity index (χ0) is 27.8. The van der Waals surface area contributed by atoms with E-state index in [1.807, 2.05) is 48.5 Å². The largest absolute Gasteiger partial charge is 0.478 e. The Morgan fingerprint density at radius 1 is 0.775 bits per heavy atom. The zero-order valence-corrected chi connectivity index (χ0v) is 22.5. The SMILES string of the molecule is O=C(O)c1cccc(NC(=O)c2ccc(N3C(=O)[C@H]4C5c6ccccc6C(Br)(c6ccccc65)[C@H]4C3=O)cc2)c1. The lowest BCUT2D eigenvalue weighted by molar-refractivity contribution is -0.122. The third kappa shape index (κ3) is 3.29. The highest BCUT2D eigenvalue weighted by Crippen LogP contribution is 2.66. The van der Waals surface area contributed by atoms with Gasteiger partial charge in [-0.3, -0.25) is 14.4 Å². The molecule has 4 aromatic rings. The standard InChI is InChI=1S/C32H21BrN2O5/c33-32-23-10-3-1-8-21(23)25(22-9-2-4-11-24(22)32)26-27(32)30(38)35(29(26)37)20-14-12-17(13-15-20)28(36)34-19-7-5-6-18(16-19)31(39)40/h1-16,25-27H,(H,34,36)(H,39,40)/t25?,26-,27+,32?/m0/s1. The van der Waals surface area contributed by atoms with Crippen LogP contribution in [-0.4, -0.2) is 28.8 Å². The van der Waals surface area contributed by atoms with Crippen LogP contribution >= 0.6 is 15.9 Å². The molecule has 3 amide bonds. The molecule has 0 radical (unpaired) electrons. The van der Waals surface area contributed by atoms with Crippen molar-refractivity contribution in [2.24, 2.45) is 11.8 Å². The molecule has 1 aliphatic heterocycles. The molecule has 0 spiro atoms. The highest BCUT2D eigenvalue weighted by Gasteiger charge is 2.67. The number of amides is 3. The van der Waals surface area contributed by atoms with Crippen molar-refractivity contribution in [2.75, 3.05) is 10.2 Å². The first kappa shape index (κ1) is 24.5. The summed E-state index contributed by atoms with van der Waals surface area (Å²) in [6.45, 7) is 0. The smallest absolute Gasteiger partial charge is 0.335 e. The number of alkyl halides is 1. The average molecular weight is 593 g/mol. The Morgan fingerprint density at radius 3 is 2.02 bits per heavy atom. The Morgan fingerprint density at radius 2 is 1.40 bits per heavy atom. The van der Waals surface area contributed by atoms with Gasteiger partial charge in [0.15, 0.2) is 0 Å². The van der Waals surface area contributed by atoms with Gasteiger partial charge in [0.05, 0.1) is 27.4 Å². The molecule has 1 heterocycles. The quantitative estimate of drug-likeness (QED) is 0.239. The highest BCUT2D eigenvalue weighted by molar-refractivity contribution is 9.09. The zero-order valence-electron chi connectivity index (χ0n) is 20.9. The molecule has 2 bridgehead atoms. The Hall–Kier alpha value is -4.56. The summed E-state index contributed by atoms with van der Waals surface area (Å²) in [5.74, 6) is -3.46. The Labute approximate surface area is 237 Å². The number of nitrogens with one attached hydrogen (secondary N) is 1. The first-order valence-corrected chi connectivity index (χ1v) is 13.6. The summed E-state index contributed by atoms with van der Waals surface area (Å²) in [5.41, 5.74) is 5.26. The van der Waals surface area contributed by atoms with Gasteiger partial charge in [-0.15, -0.1) is 0 Å². The fourth-order valence-electron chi connectivity index (χ4n) is 6.63. The van der Waals surface area contributed by atoms with Gasteiger partial charge in [-0.2, -0.15) is 0 Å². The minimum atomic E-state index is -1.09. The second kappa shape index (κ2) is 8.72. The van der Waals surface area contributed by atoms with Crippen LogP contribution in [0.25, 0.3) is 0 Å². The molecule has 7 nitrogen and oxygen atoms in total. The minimum Gasteiger partial charge on any atom is -0.478 e. The molecule has 40 heavy (non-hydrogen) atoms. The third-order valence-electron chi connectivity index (χ3n) is 8.27.